The molecule has 0 saturated carbocycles. The van der Waals surface area contributed by atoms with Crippen LogP contribution in [0.3, 0.4) is 0 Å². The predicted octanol–water partition coefficient (Wildman–Crippen LogP) is 3.02. The fourth-order valence-corrected chi connectivity index (χ4v) is 2.80. The second kappa shape index (κ2) is 7.74. The molecule has 2 aromatic rings. The molecule has 1 saturated heterocycles. The van der Waals surface area contributed by atoms with Gasteiger partial charge in [0, 0.05) is 26.2 Å². The maximum atomic E-state index is 13.7. The first-order valence-electron chi connectivity index (χ1n) is 8.37. The van der Waals surface area contributed by atoms with Gasteiger partial charge in [-0.1, -0.05) is 6.92 Å². The topological polar surface area (TPSA) is 48.5 Å². The van der Waals surface area contributed by atoms with Gasteiger partial charge < -0.3 is 15.1 Å². The maximum absolute atomic E-state index is 13.7. The van der Waals surface area contributed by atoms with Crippen LogP contribution in [0.15, 0.2) is 30.5 Å². The maximum Gasteiger partial charge on any atom is 0.272 e. The summed E-state index contributed by atoms with van der Waals surface area (Å²) in [6, 6.07) is 5.00. The van der Waals surface area contributed by atoms with Gasteiger partial charge in [-0.05, 0) is 30.8 Å². The van der Waals surface area contributed by atoms with Crippen LogP contribution in [0.2, 0.25) is 0 Å². The molecule has 0 aliphatic carbocycles. The number of pyridine rings is 1. The Labute approximate surface area is 149 Å². The average molecular weight is 364 g/mol. The molecular formula is C18H19F3N4O. The van der Waals surface area contributed by atoms with E-state index in [0.29, 0.717) is 18.8 Å². The van der Waals surface area contributed by atoms with E-state index in [1.807, 2.05) is 0 Å². The molecule has 5 nitrogen and oxygen atoms in total. The normalized spacial score (nSPS) is 15.2. The van der Waals surface area contributed by atoms with Crippen molar-refractivity contribution < 1.29 is 18.0 Å². The predicted molar refractivity (Wildman–Crippen MR) is 91.9 cm³/mol. The number of carbonyl (C=O) groups is 1. The minimum Gasteiger partial charge on any atom is -0.352 e. The van der Waals surface area contributed by atoms with E-state index in [1.165, 1.54) is 12.3 Å². The van der Waals surface area contributed by atoms with E-state index in [0.717, 1.165) is 31.8 Å². The highest BCUT2D eigenvalue weighted by Gasteiger charge is 2.22. The Bertz CT molecular complexity index is 790. The van der Waals surface area contributed by atoms with Gasteiger partial charge in [-0.15, -0.1) is 0 Å². The summed E-state index contributed by atoms with van der Waals surface area (Å²) in [6.45, 7) is 6.00. The Morgan fingerprint density at radius 1 is 1.08 bits per heavy atom. The summed E-state index contributed by atoms with van der Waals surface area (Å²) in [6.07, 6.45) is 1.36. The Morgan fingerprint density at radius 2 is 1.81 bits per heavy atom. The van der Waals surface area contributed by atoms with Crippen molar-refractivity contribution in [2.45, 2.75) is 6.92 Å². The zero-order chi connectivity index (χ0) is 18.7. The van der Waals surface area contributed by atoms with Crippen LogP contribution < -0.4 is 5.32 Å². The van der Waals surface area contributed by atoms with Crippen LogP contribution in [0.1, 0.15) is 17.4 Å². The first kappa shape index (κ1) is 18.2. The molecule has 3 rings (SSSR count). The Balaban J connectivity index is 1.67. The van der Waals surface area contributed by atoms with Crippen LogP contribution in [-0.4, -0.2) is 53.4 Å². The van der Waals surface area contributed by atoms with Gasteiger partial charge in [0.1, 0.15) is 5.69 Å². The minimum absolute atomic E-state index is 0.161. The summed E-state index contributed by atoms with van der Waals surface area (Å²) in [5, 5.41) is 2.62. The van der Waals surface area contributed by atoms with Crippen LogP contribution in [0.5, 0.6) is 0 Å². The molecule has 8 heteroatoms. The van der Waals surface area contributed by atoms with Gasteiger partial charge in [0.05, 0.1) is 17.6 Å². The largest absolute Gasteiger partial charge is 0.352 e. The highest BCUT2D eigenvalue weighted by molar-refractivity contribution is 5.92. The van der Waals surface area contributed by atoms with Crippen LogP contribution in [0, 0.1) is 17.5 Å². The van der Waals surface area contributed by atoms with E-state index in [-0.39, 0.29) is 17.3 Å². The molecule has 1 amide bonds. The summed E-state index contributed by atoms with van der Waals surface area (Å²) >= 11 is 0. The summed E-state index contributed by atoms with van der Waals surface area (Å²) in [7, 11) is 0. The number of rotatable bonds is 4. The Morgan fingerprint density at radius 3 is 2.42 bits per heavy atom. The van der Waals surface area contributed by atoms with E-state index < -0.39 is 17.5 Å². The lowest BCUT2D eigenvalue weighted by atomic mass is 10.2. The molecule has 2 heterocycles. The third-order valence-corrected chi connectivity index (χ3v) is 4.40. The summed E-state index contributed by atoms with van der Waals surface area (Å²) in [5.41, 5.74) is 0.439. The van der Waals surface area contributed by atoms with Gasteiger partial charge in [-0.25, -0.2) is 18.2 Å². The van der Waals surface area contributed by atoms with Crippen molar-refractivity contribution in [1.82, 2.24) is 14.8 Å². The van der Waals surface area contributed by atoms with Crippen LogP contribution in [-0.2, 0) is 0 Å². The number of halogens is 3. The van der Waals surface area contributed by atoms with Crippen molar-refractivity contribution in [3.63, 3.8) is 0 Å². The number of hydrogen-bond acceptors (Lipinski definition) is 4. The number of likely N-dealkylation sites (N-methyl/N-ethyl adjacent to an activating group) is 1. The molecule has 0 atom stereocenters. The number of nitrogens with one attached hydrogen (secondary N) is 1. The van der Waals surface area contributed by atoms with E-state index >= 15 is 0 Å². The molecule has 1 aromatic heterocycles. The second-order valence-corrected chi connectivity index (χ2v) is 6.01. The van der Waals surface area contributed by atoms with Gasteiger partial charge in [0.15, 0.2) is 17.5 Å². The van der Waals surface area contributed by atoms with Crippen molar-refractivity contribution in [1.29, 1.82) is 0 Å². The highest BCUT2D eigenvalue weighted by Crippen LogP contribution is 2.23. The average Bonchev–Trinajstić information content (AvgIpc) is 2.68. The molecular weight excluding hydrogens is 345 g/mol. The van der Waals surface area contributed by atoms with Crippen molar-refractivity contribution in [2.24, 2.45) is 0 Å². The number of aromatic nitrogens is 1. The van der Waals surface area contributed by atoms with E-state index in [1.54, 1.807) is 11.0 Å². The molecule has 1 N–H and O–H groups in total. The molecule has 138 valence electrons. The van der Waals surface area contributed by atoms with Gasteiger partial charge >= 0.3 is 0 Å². The van der Waals surface area contributed by atoms with Crippen molar-refractivity contribution in [2.75, 3.05) is 38.0 Å². The summed E-state index contributed by atoms with van der Waals surface area (Å²) in [5.74, 6) is -4.26. The number of carbonyl (C=O) groups excluding carboxylic acids is 1. The SMILES string of the molecule is CCN1CCN(C(=O)c2ccc(Nc3ccc(F)c(F)c3F)cn2)CC1. The fraction of sp³-hybridized carbons (Fsp3) is 0.333. The van der Waals surface area contributed by atoms with Crippen LogP contribution in [0.25, 0.3) is 0 Å². The van der Waals surface area contributed by atoms with Gasteiger partial charge in [0.2, 0.25) is 0 Å². The third-order valence-electron chi connectivity index (χ3n) is 4.40. The van der Waals surface area contributed by atoms with Gasteiger partial charge in [-0.2, -0.15) is 0 Å². The minimum atomic E-state index is -1.54. The van der Waals surface area contributed by atoms with E-state index in [4.69, 9.17) is 0 Å². The van der Waals surface area contributed by atoms with E-state index in [2.05, 4.69) is 22.1 Å². The number of benzene rings is 1. The fourth-order valence-electron chi connectivity index (χ4n) is 2.80. The second-order valence-electron chi connectivity index (χ2n) is 6.01. The lowest BCUT2D eigenvalue weighted by molar-refractivity contribution is 0.0637. The van der Waals surface area contributed by atoms with Gasteiger partial charge in [-0.3, -0.25) is 4.79 Å². The molecule has 1 aromatic carbocycles. The lowest BCUT2D eigenvalue weighted by Gasteiger charge is -2.33. The molecule has 0 bridgehead atoms. The lowest BCUT2D eigenvalue weighted by Crippen LogP contribution is -2.48. The van der Waals surface area contributed by atoms with Crippen LogP contribution in [0.4, 0.5) is 24.5 Å². The first-order valence-corrected chi connectivity index (χ1v) is 8.37. The molecule has 1 aliphatic rings. The van der Waals surface area contributed by atoms with Crippen molar-refractivity contribution in [3.8, 4) is 0 Å². The van der Waals surface area contributed by atoms with Crippen LogP contribution >= 0.6 is 0 Å². The van der Waals surface area contributed by atoms with E-state index in [9.17, 15) is 18.0 Å². The van der Waals surface area contributed by atoms with Crippen molar-refractivity contribution >= 4 is 17.3 Å². The Hall–Kier alpha value is -2.61. The quantitative estimate of drug-likeness (QED) is 0.848. The highest BCUT2D eigenvalue weighted by atomic mass is 19.2. The molecule has 0 radical (unpaired) electrons. The number of nitrogens with zero attached hydrogens (tertiary/aromatic N) is 3. The number of anilines is 2. The van der Waals surface area contributed by atoms with Gasteiger partial charge in [0.25, 0.3) is 5.91 Å². The zero-order valence-electron chi connectivity index (χ0n) is 14.3. The summed E-state index contributed by atoms with van der Waals surface area (Å²) in [4.78, 5) is 20.6. The molecule has 26 heavy (non-hydrogen) atoms. The standard InChI is InChI=1S/C18H19F3N4O/c1-2-24-7-9-25(10-8-24)18(26)15-5-3-12(11-22-15)23-14-6-4-13(19)16(20)17(14)21/h3-6,11,23H,2,7-10H2,1H3. The summed E-state index contributed by atoms with van der Waals surface area (Å²) < 4.78 is 39.9. The Kier molecular flexibility index (Phi) is 5.41. The molecule has 1 fully saturated rings. The van der Waals surface area contributed by atoms with Crippen molar-refractivity contribution in [3.05, 3.63) is 53.6 Å². The first-order chi connectivity index (χ1) is 12.5. The number of amides is 1. The third kappa shape index (κ3) is 3.80. The zero-order valence-corrected chi connectivity index (χ0v) is 14.3. The molecule has 0 spiro atoms. The smallest absolute Gasteiger partial charge is 0.272 e. The number of hydrogen-bond donors (Lipinski definition) is 1. The molecule has 0 unspecified atom stereocenters. The molecule has 1 aliphatic heterocycles. The monoisotopic (exact) mass is 364 g/mol. The number of piperazine rings is 1.